The van der Waals surface area contributed by atoms with E-state index >= 15 is 0 Å². The van der Waals surface area contributed by atoms with E-state index in [0.29, 0.717) is 9.68 Å². The molecular weight excluding hydrogens is 236 g/mol. The molecular formula is C15H26N2Si. The Balaban J connectivity index is 2.62. The second-order valence-corrected chi connectivity index (χ2v) is 6.70. The summed E-state index contributed by atoms with van der Waals surface area (Å²) < 4.78 is 0. The second-order valence-electron chi connectivity index (χ2n) is 5.56. The summed E-state index contributed by atoms with van der Waals surface area (Å²) in [6.45, 7) is 14.4. The van der Waals surface area contributed by atoms with Crippen molar-refractivity contribution in [3.05, 3.63) is 29.8 Å². The number of hydrogen-bond acceptors (Lipinski definition) is 2. The minimum absolute atomic E-state index is 0.223. The number of nitrogens with one attached hydrogen (secondary N) is 1. The zero-order valence-corrected chi connectivity index (χ0v) is 13.4. The van der Waals surface area contributed by atoms with Crippen LogP contribution in [0, 0.1) is 0 Å². The van der Waals surface area contributed by atoms with Gasteiger partial charge in [0.05, 0.1) is 0 Å². The van der Waals surface area contributed by atoms with E-state index in [0.717, 1.165) is 19.8 Å². The molecule has 0 bridgehead atoms. The predicted molar refractivity (Wildman–Crippen MR) is 81.5 cm³/mol. The highest BCUT2D eigenvalue weighted by Crippen LogP contribution is 2.19. The molecule has 1 aromatic carbocycles. The Bertz CT molecular complexity index is 354. The highest BCUT2D eigenvalue weighted by atomic mass is 28.2. The van der Waals surface area contributed by atoms with Crippen LogP contribution in [0.2, 0.25) is 0 Å². The molecule has 0 fully saturated rings. The van der Waals surface area contributed by atoms with Crippen molar-refractivity contribution >= 4 is 14.9 Å². The highest BCUT2D eigenvalue weighted by Gasteiger charge is 2.17. The summed E-state index contributed by atoms with van der Waals surface area (Å²) in [5.74, 6) is 0. The van der Waals surface area contributed by atoms with Gasteiger partial charge < -0.3 is 4.98 Å². The lowest BCUT2D eigenvalue weighted by Gasteiger charge is -2.24. The number of rotatable bonds is 6. The van der Waals surface area contributed by atoms with E-state index in [9.17, 15) is 0 Å². The van der Waals surface area contributed by atoms with Crippen LogP contribution in [0.15, 0.2) is 24.3 Å². The highest BCUT2D eigenvalue weighted by molar-refractivity contribution is 6.51. The molecule has 0 unspecified atom stereocenters. The molecule has 1 N–H and O–H groups in total. The standard InChI is InChI=1S/C15H26N2Si/c1-6-17(7-2)12-16-18-14-11-9-8-10-13(14)15(3,4)5/h8-11,16H,6-7,12H2,1-5H3. The molecule has 0 amide bonds. The number of nitrogens with zero attached hydrogens (tertiary/aromatic N) is 1. The summed E-state index contributed by atoms with van der Waals surface area (Å²) in [6, 6.07) is 8.77. The summed E-state index contributed by atoms with van der Waals surface area (Å²) in [6.07, 6.45) is 0. The van der Waals surface area contributed by atoms with Crippen LogP contribution >= 0.6 is 0 Å². The lowest BCUT2D eigenvalue weighted by molar-refractivity contribution is 0.301. The lowest BCUT2D eigenvalue weighted by atomic mass is 9.87. The third-order valence-electron chi connectivity index (χ3n) is 3.16. The van der Waals surface area contributed by atoms with Crippen molar-refractivity contribution in [3.63, 3.8) is 0 Å². The zero-order chi connectivity index (χ0) is 13.6. The molecule has 100 valence electrons. The summed E-state index contributed by atoms with van der Waals surface area (Å²) in [5.41, 5.74) is 1.68. The molecule has 18 heavy (non-hydrogen) atoms. The maximum absolute atomic E-state index is 3.57. The average Bonchev–Trinajstić information content (AvgIpc) is 2.34. The Morgan fingerprint density at radius 3 is 2.28 bits per heavy atom. The molecule has 0 aliphatic carbocycles. The van der Waals surface area contributed by atoms with E-state index in [1.165, 1.54) is 10.8 Å². The van der Waals surface area contributed by atoms with E-state index in [2.05, 4.69) is 68.8 Å². The van der Waals surface area contributed by atoms with Gasteiger partial charge >= 0.3 is 0 Å². The van der Waals surface area contributed by atoms with Gasteiger partial charge in [-0.3, -0.25) is 4.90 Å². The molecule has 0 aliphatic heterocycles. The fourth-order valence-corrected chi connectivity index (χ4v) is 3.21. The number of benzene rings is 1. The number of hydrogen-bond donors (Lipinski definition) is 1. The summed E-state index contributed by atoms with van der Waals surface area (Å²) in [7, 11) is 0.684. The van der Waals surface area contributed by atoms with Crippen LogP contribution in [0.1, 0.15) is 40.2 Å². The fourth-order valence-electron chi connectivity index (χ4n) is 1.94. The van der Waals surface area contributed by atoms with Gasteiger partial charge in [0, 0.05) is 6.67 Å². The molecule has 2 radical (unpaired) electrons. The largest absolute Gasteiger partial charge is 0.323 e. The third-order valence-corrected chi connectivity index (χ3v) is 4.20. The summed E-state index contributed by atoms with van der Waals surface area (Å²) in [4.78, 5) is 5.97. The maximum atomic E-state index is 3.57. The normalized spacial score (nSPS) is 12.1. The van der Waals surface area contributed by atoms with Crippen LogP contribution < -0.4 is 10.2 Å². The minimum Gasteiger partial charge on any atom is -0.323 e. The molecule has 0 spiro atoms. The van der Waals surface area contributed by atoms with Gasteiger partial charge in [0.1, 0.15) is 0 Å². The van der Waals surface area contributed by atoms with Gasteiger partial charge in [-0.05, 0) is 29.3 Å². The van der Waals surface area contributed by atoms with Crippen molar-refractivity contribution < 1.29 is 0 Å². The predicted octanol–water partition coefficient (Wildman–Crippen LogP) is 2.12. The molecule has 3 heteroatoms. The van der Waals surface area contributed by atoms with Gasteiger partial charge in [0.2, 0.25) is 0 Å². The van der Waals surface area contributed by atoms with Gasteiger partial charge in [-0.2, -0.15) is 0 Å². The van der Waals surface area contributed by atoms with Crippen molar-refractivity contribution in [2.45, 2.75) is 40.0 Å². The van der Waals surface area contributed by atoms with Crippen molar-refractivity contribution in [2.75, 3.05) is 19.8 Å². The van der Waals surface area contributed by atoms with Crippen LogP contribution in [0.3, 0.4) is 0 Å². The molecule has 0 heterocycles. The van der Waals surface area contributed by atoms with Gasteiger partial charge in [0.25, 0.3) is 0 Å². The second kappa shape index (κ2) is 7.07. The van der Waals surface area contributed by atoms with Crippen molar-refractivity contribution in [1.29, 1.82) is 0 Å². The van der Waals surface area contributed by atoms with E-state index in [4.69, 9.17) is 0 Å². The van der Waals surface area contributed by atoms with Crippen LogP contribution in [0.5, 0.6) is 0 Å². The molecule has 0 aliphatic rings. The van der Waals surface area contributed by atoms with Crippen LogP contribution in [-0.4, -0.2) is 34.3 Å². The Morgan fingerprint density at radius 1 is 1.11 bits per heavy atom. The monoisotopic (exact) mass is 262 g/mol. The molecule has 0 saturated heterocycles. The van der Waals surface area contributed by atoms with Crippen LogP contribution in [0.25, 0.3) is 0 Å². The first-order valence-corrected chi connectivity index (χ1v) is 7.79. The third kappa shape index (κ3) is 4.56. The van der Waals surface area contributed by atoms with Gasteiger partial charge in [0.15, 0.2) is 9.68 Å². The minimum atomic E-state index is 0.223. The first-order valence-electron chi connectivity index (χ1n) is 6.79. The quantitative estimate of drug-likeness (QED) is 0.624. The lowest BCUT2D eigenvalue weighted by Crippen LogP contribution is -2.42. The Morgan fingerprint density at radius 2 is 1.72 bits per heavy atom. The zero-order valence-electron chi connectivity index (χ0n) is 12.4. The first-order chi connectivity index (χ1) is 8.49. The van der Waals surface area contributed by atoms with Crippen LogP contribution in [0.4, 0.5) is 0 Å². The first kappa shape index (κ1) is 15.4. The summed E-state index contributed by atoms with van der Waals surface area (Å²) in [5, 5.41) is 1.44. The fraction of sp³-hybridized carbons (Fsp3) is 0.600. The van der Waals surface area contributed by atoms with E-state index < -0.39 is 0 Å². The molecule has 0 saturated carbocycles. The molecule has 0 aromatic heterocycles. The van der Waals surface area contributed by atoms with Crippen LogP contribution in [-0.2, 0) is 5.41 Å². The Hall–Kier alpha value is -0.643. The van der Waals surface area contributed by atoms with E-state index in [-0.39, 0.29) is 5.41 Å². The van der Waals surface area contributed by atoms with Gasteiger partial charge in [-0.15, -0.1) is 0 Å². The van der Waals surface area contributed by atoms with E-state index in [1.807, 2.05) is 0 Å². The molecule has 0 atom stereocenters. The summed E-state index contributed by atoms with van der Waals surface area (Å²) >= 11 is 0. The molecule has 1 aromatic rings. The van der Waals surface area contributed by atoms with Gasteiger partial charge in [-0.25, -0.2) is 0 Å². The maximum Gasteiger partial charge on any atom is 0.181 e. The Kier molecular flexibility index (Phi) is 6.06. The topological polar surface area (TPSA) is 15.3 Å². The van der Waals surface area contributed by atoms with E-state index in [1.54, 1.807) is 0 Å². The van der Waals surface area contributed by atoms with Gasteiger partial charge in [-0.1, -0.05) is 58.9 Å². The molecule has 1 rings (SSSR count). The van der Waals surface area contributed by atoms with Crippen molar-refractivity contribution in [2.24, 2.45) is 0 Å². The molecule has 2 nitrogen and oxygen atoms in total. The Labute approximate surface area is 115 Å². The van der Waals surface area contributed by atoms with Crippen molar-refractivity contribution in [1.82, 2.24) is 9.88 Å². The smallest absolute Gasteiger partial charge is 0.181 e. The van der Waals surface area contributed by atoms with Crippen molar-refractivity contribution in [3.8, 4) is 0 Å². The average molecular weight is 262 g/mol. The SMILES string of the molecule is CCN(CC)CN[Si]c1ccccc1C(C)(C)C.